The Bertz CT molecular complexity index is 753. The highest BCUT2D eigenvalue weighted by atomic mass is 79.9. The Morgan fingerprint density at radius 1 is 1.41 bits per heavy atom. The molecule has 0 bridgehead atoms. The first-order chi connectivity index (χ1) is 10.4. The molecule has 0 saturated carbocycles. The second kappa shape index (κ2) is 6.48. The zero-order valence-electron chi connectivity index (χ0n) is 11.1. The molecule has 0 unspecified atom stereocenters. The predicted molar refractivity (Wildman–Crippen MR) is 76.4 cm³/mol. The topological polar surface area (TPSA) is 91.6 Å². The number of esters is 1. The van der Waals surface area contributed by atoms with Crippen LogP contribution in [0.5, 0.6) is 11.6 Å². The summed E-state index contributed by atoms with van der Waals surface area (Å²) in [4.78, 5) is 25.4. The van der Waals surface area contributed by atoms with Crippen molar-refractivity contribution in [1.82, 2.24) is 4.98 Å². The number of carbonyl (C=O) groups is 1. The number of rotatable bonds is 4. The highest BCUT2D eigenvalue weighted by Crippen LogP contribution is 2.31. The SMILES string of the molecule is COC(=O)c1cnc(Oc2ccc(Br)c(F)c2)c([N+](=O)[O-])c1. The number of halogens is 2. The summed E-state index contributed by atoms with van der Waals surface area (Å²) < 4.78 is 23.3. The fraction of sp³-hybridized carbons (Fsp3) is 0.0769. The molecular weight excluding hydrogens is 363 g/mol. The summed E-state index contributed by atoms with van der Waals surface area (Å²) in [5.74, 6) is -1.69. The number of carbonyl (C=O) groups excluding carboxylic acids is 1. The lowest BCUT2D eigenvalue weighted by atomic mass is 10.2. The van der Waals surface area contributed by atoms with Crippen LogP contribution in [-0.4, -0.2) is 23.0 Å². The molecule has 0 spiro atoms. The maximum Gasteiger partial charge on any atom is 0.339 e. The summed E-state index contributed by atoms with van der Waals surface area (Å²) in [6.45, 7) is 0. The molecule has 0 N–H and O–H groups in total. The van der Waals surface area contributed by atoms with Gasteiger partial charge >= 0.3 is 11.7 Å². The van der Waals surface area contributed by atoms with Crippen molar-refractivity contribution < 1.29 is 23.6 Å². The summed E-state index contributed by atoms with van der Waals surface area (Å²) >= 11 is 2.98. The molecule has 0 aliphatic rings. The molecule has 114 valence electrons. The monoisotopic (exact) mass is 370 g/mol. The predicted octanol–water partition coefficient (Wildman–Crippen LogP) is 3.47. The van der Waals surface area contributed by atoms with E-state index in [9.17, 15) is 19.3 Å². The minimum Gasteiger partial charge on any atom is -0.465 e. The van der Waals surface area contributed by atoms with Gasteiger partial charge in [0.1, 0.15) is 11.6 Å². The van der Waals surface area contributed by atoms with Crippen molar-refractivity contribution >= 4 is 27.6 Å². The number of hydrogen-bond acceptors (Lipinski definition) is 6. The minimum absolute atomic E-state index is 0.0297. The maximum absolute atomic E-state index is 13.4. The minimum atomic E-state index is -0.767. The Kier molecular flexibility index (Phi) is 4.66. The van der Waals surface area contributed by atoms with Gasteiger partial charge in [-0.05, 0) is 28.1 Å². The van der Waals surface area contributed by atoms with Gasteiger partial charge in [-0.15, -0.1) is 0 Å². The molecule has 2 aromatic rings. The lowest BCUT2D eigenvalue weighted by Gasteiger charge is -2.07. The van der Waals surface area contributed by atoms with E-state index in [1.54, 1.807) is 0 Å². The first-order valence-electron chi connectivity index (χ1n) is 5.78. The van der Waals surface area contributed by atoms with Gasteiger partial charge in [0.15, 0.2) is 0 Å². The average Bonchev–Trinajstić information content (AvgIpc) is 2.50. The van der Waals surface area contributed by atoms with E-state index in [0.717, 1.165) is 25.4 Å². The van der Waals surface area contributed by atoms with Crippen molar-refractivity contribution in [2.24, 2.45) is 0 Å². The number of ether oxygens (including phenoxy) is 2. The Morgan fingerprint density at radius 2 is 2.14 bits per heavy atom. The zero-order valence-corrected chi connectivity index (χ0v) is 12.7. The molecule has 7 nitrogen and oxygen atoms in total. The van der Waals surface area contributed by atoms with E-state index in [4.69, 9.17) is 4.74 Å². The second-order valence-electron chi connectivity index (χ2n) is 3.97. The second-order valence-corrected chi connectivity index (χ2v) is 4.83. The fourth-order valence-electron chi connectivity index (χ4n) is 1.53. The van der Waals surface area contributed by atoms with Gasteiger partial charge in [0.05, 0.1) is 22.1 Å². The molecule has 1 aromatic carbocycles. The van der Waals surface area contributed by atoms with Crippen LogP contribution in [-0.2, 0) is 4.74 Å². The third-order valence-electron chi connectivity index (χ3n) is 2.56. The number of methoxy groups -OCH3 is 1. The number of pyridine rings is 1. The average molecular weight is 371 g/mol. The normalized spacial score (nSPS) is 10.1. The number of aromatic nitrogens is 1. The molecule has 22 heavy (non-hydrogen) atoms. The quantitative estimate of drug-likeness (QED) is 0.464. The van der Waals surface area contributed by atoms with Gasteiger partial charge in [-0.2, -0.15) is 0 Å². The van der Waals surface area contributed by atoms with Crippen LogP contribution in [0, 0.1) is 15.9 Å². The third-order valence-corrected chi connectivity index (χ3v) is 3.20. The Labute approximate surface area is 132 Å². The molecule has 0 amide bonds. The Morgan fingerprint density at radius 3 is 2.73 bits per heavy atom. The largest absolute Gasteiger partial charge is 0.465 e. The van der Waals surface area contributed by atoms with E-state index in [1.165, 1.54) is 12.1 Å². The molecule has 0 aliphatic heterocycles. The van der Waals surface area contributed by atoms with E-state index >= 15 is 0 Å². The fourth-order valence-corrected chi connectivity index (χ4v) is 1.78. The van der Waals surface area contributed by atoms with Gasteiger partial charge in [-0.3, -0.25) is 10.1 Å². The van der Waals surface area contributed by atoms with Crippen LogP contribution in [0.3, 0.4) is 0 Å². The molecule has 0 atom stereocenters. The lowest BCUT2D eigenvalue weighted by Crippen LogP contribution is -2.04. The summed E-state index contributed by atoms with van der Waals surface area (Å²) in [6.07, 6.45) is 1.07. The van der Waals surface area contributed by atoms with Gasteiger partial charge in [0.2, 0.25) is 0 Å². The molecule has 0 radical (unpaired) electrons. The van der Waals surface area contributed by atoms with Crippen molar-refractivity contribution in [1.29, 1.82) is 0 Å². The summed E-state index contributed by atoms with van der Waals surface area (Å²) in [5.41, 5.74) is -0.630. The number of nitrogens with zero attached hydrogens (tertiary/aromatic N) is 2. The molecule has 9 heteroatoms. The Balaban J connectivity index is 2.39. The molecule has 1 heterocycles. The van der Waals surface area contributed by atoms with Crippen molar-refractivity contribution in [3.05, 3.63) is 56.4 Å². The van der Waals surface area contributed by atoms with Crippen LogP contribution in [0.25, 0.3) is 0 Å². The van der Waals surface area contributed by atoms with Crippen LogP contribution < -0.4 is 4.74 Å². The molecule has 2 rings (SSSR count). The first-order valence-corrected chi connectivity index (χ1v) is 6.57. The molecular formula is C13H8BrFN2O5. The van der Waals surface area contributed by atoms with Crippen molar-refractivity contribution in [2.45, 2.75) is 0 Å². The number of nitro groups is 1. The highest BCUT2D eigenvalue weighted by Gasteiger charge is 2.21. The van der Waals surface area contributed by atoms with Gasteiger partial charge in [-0.1, -0.05) is 0 Å². The summed E-state index contributed by atoms with van der Waals surface area (Å²) in [7, 11) is 1.14. The number of hydrogen-bond donors (Lipinski definition) is 0. The van der Waals surface area contributed by atoms with Gasteiger partial charge < -0.3 is 9.47 Å². The summed E-state index contributed by atoms with van der Waals surface area (Å²) in [6, 6.07) is 4.82. The van der Waals surface area contributed by atoms with Gasteiger partial charge in [0, 0.05) is 18.3 Å². The molecule has 0 fully saturated rings. The van der Waals surface area contributed by atoms with E-state index in [-0.39, 0.29) is 21.7 Å². The maximum atomic E-state index is 13.4. The van der Waals surface area contributed by atoms with E-state index < -0.39 is 22.4 Å². The van der Waals surface area contributed by atoms with E-state index in [2.05, 4.69) is 25.7 Å². The van der Waals surface area contributed by atoms with Gasteiger partial charge in [0.25, 0.3) is 5.88 Å². The first kappa shape index (κ1) is 15.8. The Hall–Kier alpha value is -2.55. The van der Waals surface area contributed by atoms with Crippen LogP contribution in [0.2, 0.25) is 0 Å². The number of benzene rings is 1. The third kappa shape index (κ3) is 3.37. The lowest BCUT2D eigenvalue weighted by molar-refractivity contribution is -0.386. The van der Waals surface area contributed by atoms with Crippen molar-refractivity contribution in [3.8, 4) is 11.6 Å². The smallest absolute Gasteiger partial charge is 0.339 e. The van der Waals surface area contributed by atoms with E-state index in [1.807, 2.05) is 0 Å². The van der Waals surface area contributed by atoms with Crippen LogP contribution in [0.1, 0.15) is 10.4 Å². The standard InChI is InChI=1S/C13H8BrFN2O5/c1-21-13(18)7-4-11(17(19)20)12(16-6-7)22-8-2-3-9(14)10(15)5-8/h2-6H,1H3. The highest BCUT2D eigenvalue weighted by molar-refractivity contribution is 9.10. The van der Waals surface area contributed by atoms with Crippen molar-refractivity contribution in [2.75, 3.05) is 7.11 Å². The van der Waals surface area contributed by atoms with Crippen molar-refractivity contribution in [3.63, 3.8) is 0 Å². The van der Waals surface area contributed by atoms with Crippen LogP contribution >= 0.6 is 15.9 Å². The zero-order chi connectivity index (χ0) is 16.3. The van der Waals surface area contributed by atoms with E-state index in [0.29, 0.717) is 0 Å². The molecule has 0 aliphatic carbocycles. The molecule has 1 aromatic heterocycles. The van der Waals surface area contributed by atoms with Gasteiger partial charge in [-0.25, -0.2) is 14.2 Å². The summed E-state index contributed by atoms with van der Waals surface area (Å²) in [5, 5.41) is 11.0. The molecule has 0 saturated heterocycles. The van der Waals surface area contributed by atoms with Crippen LogP contribution in [0.4, 0.5) is 10.1 Å². The van der Waals surface area contributed by atoms with Crippen LogP contribution in [0.15, 0.2) is 34.9 Å².